The molecule has 0 radical (unpaired) electrons. The van der Waals surface area contributed by atoms with Gasteiger partial charge in [-0.15, -0.1) is 0 Å². The molecule has 2 heterocycles. The molecule has 3 rings (SSSR count). The maximum atomic E-state index is 13.0. The number of nitrogens with one attached hydrogen (secondary N) is 2. The van der Waals surface area contributed by atoms with Gasteiger partial charge in [0.25, 0.3) is 5.91 Å². The van der Waals surface area contributed by atoms with Crippen molar-refractivity contribution in [1.29, 1.82) is 0 Å². The number of pyridine rings is 1. The summed E-state index contributed by atoms with van der Waals surface area (Å²) >= 11 is 6.72. The molecule has 0 aliphatic rings. The first kappa shape index (κ1) is 26.3. The highest BCUT2D eigenvalue weighted by atomic mass is 35.5. The molecule has 0 fully saturated rings. The summed E-state index contributed by atoms with van der Waals surface area (Å²) in [6, 6.07) is 4.18. The van der Waals surface area contributed by atoms with Gasteiger partial charge in [0.1, 0.15) is 11.6 Å². The molecule has 6 nitrogen and oxygen atoms in total. The zero-order valence-corrected chi connectivity index (χ0v) is 20.8. The van der Waals surface area contributed by atoms with E-state index < -0.39 is 17.6 Å². The van der Waals surface area contributed by atoms with Gasteiger partial charge in [-0.05, 0) is 64.0 Å². The number of allylic oxidation sites excluding steroid dienone is 2. The molecular weight excluding hydrogens is 481 g/mol. The normalized spacial score (nSPS) is 12.4. The number of rotatable bonds is 7. The van der Waals surface area contributed by atoms with Crippen molar-refractivity contribution in [2.24, 2.45) is 0 Å². The van der Waals surface area contributed by atoms with Gasteiger partial charge in [-0.1, -0.05) is 29.3 Å². The van der Waals surface area contributed by atoms with Crippen molar-refractivity contribution < 1.29 is 22.5 Å². The number of hydrogen-bond donors (Lipinski definition) is 2. The molecule has 0 aliphatic carbocycles. The summed E-state index contributed by atoms with van der Waals surface area (Å²) in [5.41, 5.74) is 3.68. The Labute approximate surface area is 206 Å². The van der Waals surface area contributed by atoms with E-state index in [2.05, 4.69) is 20.8 Å². The molecule has 2 aromatic heterocycles. The molecule has 1 aromatic carbocycles. The Morgan fingerprint density at radius 1 is 1.14 bits per heavy atom. The molecule has 10 heteroatoms. The summed E-state index contributed by atoms with van der Waals surface area (Å²) < 4.78 is 43.7. The lowest BCUT2D eigenvalue weighted by Crippen LogP contribution is -2.15. The van der Waals surface area contributed by atoms with Crippen molar-refractivity contribution in [1.82, 2.24) is 10.1 Å². The highest BCUT2D eigenvalue weighted by Crippen LogP contribution is 2.36. The molecule has 3 aromatic rings. The van der Waals surface area contributed by atoms with Crippen LogP contribution in [0.1, 0.15) is 65.7 Å². The number of amides is 1. The SMILES string of the molecule is CCC(C)=C(C)c1c(NCc2c(C)noc2C)ncc(C(=O)Nc2ccc(C(F)(F)F)cc2)c1Cl. The minimum atomic E-state index is -4.46. The van der Waals surface area contributed by atoms with Crippen LogP contribution in [0.4, 0.5) is 24.7 Å². The molecule has 0 unspecified atom stereocenters. The summed E-state index contributed by atoms with van der Waals surface area (Å²) in [5, 5.41) is 10.00. The molecule has 0 atom stereocenters. The number of anilines is 2. The van der Waals surface area contributed by atoms with Crippen LogP contribution in [0.2, 0.25) is 5.02 Å². The Morgan fingerprint density at radius 3 is 2.34 bits per heavy atom. The van der Waals surface area contributed by atoms with Crippen molar-refractivity contribution >= 4 is 34.6 Å². The standard InChI is InChI=1S/C25H26ClF3N4O2/c1-6-13(2)14(3)21-22(26)20(12-31-23(21)30-11-19-15(4)33-35-16(19)5)24(34)32-18-9-7-17(8-10-18)25(27,28)29/h7-10,12H,6,11H2,1-5H3,(H,30,31)(H,32,34). The fourth-order valence-corrected chi connectivity index (χ4v) is 3.84. The first-order valence-electron chi connectivity index (χ1n) is 10.9. The van der Waals surface area contributed by atoms with E-state index in [0.29, 0.717) is 23.7 Å². The van der Waals surface area contributed by atoms with Gasteiger partial charge in [0.2, 0.25) is 0 Å². The van der Waals surface area contributed by atoms with Gasteiger partial charge >= 0.3 is 6.18 Å². The highest BCUT2D eigenvalue weighted by molar-refractivity contribution is 6.36. The van der Waals surface area contributed by atoms with Gasteiger partial charge < -0.3 is 15.2 Å². The molecular formula is C25H26ClF3N4O2. The van der Waals surface area contributed by atoms with Gasteiger partial charge in [-0.25, -0.2) is 4.98 Å². The molecule has 2 N–H and O–H groups in total. The number of aromatic nitrogens is 2. The molecule has 186 valence electrons. The van der Waals surface area contributed by atoms with Gasteiger partial charge in [-0.2, -0.15) is 13.2 Å². The summed E-state index contributed by atoms with van der Waals surface area (Å²) in [7, 11) is 0. The van der Waals surface area contributed by atoms with Crippen LogP contribution < -0.4 is 10.6 Å². The predicted octanol–water partition coefficient (Wildman–Crippen LogP) is 7.43. The average Bonchev–Trinajstić information content (AvgIpc) is 3.13. The second-order valence-corrected chi connectivity index (χ2v) is 8.53. The number of halogens is 4. The van der Waals surface area contributed by atoms with Gasteiger partial charge in [0.05, 0.1) is 21.8 Å². The maximum Gasteiger partial charge on any atom is 0.416 e. The number of carbonyl (C=O) groups excluding carboxylic acids is 1. The molecule has 0 bridgehead atoms. The number of alkyl halides is 3. The third-order valence-corrected chi connectivity index (χ3v) is 6.28. The third kappa shape index (κ3) is 5.85. The van der Waals surface area contributed by atoms with E-state index in [1.807, 2.05) is 34.6 Å². The summed E-state index contributed by atoms with van der Waals surface area (Å²) in [6.07, 6.45) is -2.35. The van der Waals surface area contributed by atoms with Crippen LogP contribution in [0.15, 0.2) is 40.6 Å². The Kier molecular flexibility index (Phi) is 7.90. The van der Waals surface area contributed by atoms with E-state index in [-0.39, 0.29) is 16.3 Å². The topological polar surface area (TPSA) is 80.1 Å². The third-order valence-electron chi connectivity index (χ3n) is 5.89. The number of nitrogens with zero attached hydrogens (tertiary/aromatic N) is 2. The Hall–Kier alpha value is -3.33. The molecule has 0 saturated carbocycles. The van der Waals surface area contributed by atoms with Crippen LogP contribution >= 0.6 is 11.6 Å². The Balaban J connectivity index is 1.95. The lowest BCUT2D eigenvalue weighted by Gasteiger charge is -2.17. The van der Waals surface area contributed by atoms with E-state index in [0.717, 1.165) is 41.0 Å². The lowest BCUT2D eigenvalue weighted by atomic mass is 9.99. The molecule has 0 spiro atoms. The first-order valence-corrected chi connectivity index (χ1v) is 11.3. The summed E-state index contributed by atoms with van der Waals surface area (Å²) in [4.78, 5) is 17.4. The van der Waals surface area contributed by atoms with Crippen LogP contribution in [-0.2, 0) is 12.7 Å². The number of carbonyl (C=O) groups is 1. The van der Waals surface area contributed by atoms with Gasteiger partial charge in [0, 0.05) is 29.6 Å². The van der Waals surface area contributed by atoms with Crippen LogP contribution in [0.3, 0.4) is 0 Å². The minimum absolute atomic E-state index is 0.104. The monoisotopic (exact) mass is 506 g/mol. The van der Waals surface area contributed by atoms with E-state index in [1.54, 1.807) is 0 Å². The fourth-order valence-electron chi connectivity index (χ4n) is 3.47. The zero-order chi connectivity index (χ0) is 25.9. The number of benzene rings is 1. The zero-order valence-electron chi connectivity index (χ0n) is 20.0. The molecule has 0 saturated heterocycles. The number of hydrogen-bond acceptors (Lipinski definition) is 5. The smallest absolute Gasteiger partial charge is 0.365 e. The van der Waals surface area contributed by atoms with E-state index in [9.17, 15) is 18.0 Å². The second kappa shape index (κ2) is 10.5. The summed E-state index contributed by atoms with van der Waals surface area (Å²) in [6.45, 7) is 9.94. The van der Waals surface area contributed by atoms with E-state index >= 15 is 0 Å². The van der Waals surface area contributed by atoms with Crippen molar-refractivity contribution in [2.75, 3.05) is 10.6 Å². The van der Waals surface area contributed by atoms with Crippen molar-refractivity contribution in [3.05, 3.63) is 74.8 Å². The highest BCUT2D eigenvalue weighted by Gasteiger charge is 2.30. The molecule has 0 aliphatic heterocycles. The molecule has 1 amide bonds. The van der Waals surface area contributed by atoms with Gasteiger partial charge in [0.15, 0.2) is 0 Å². The fraction of sp³-hybridized carbons (Fsp3) is 0.320. The van der Waals surface area contributed by atoms with Crippen molar-refractivity contribution in [2.45, 2.75) is 53.8 Å². The van der Waals surface area contributed by atoms with Crippen LogP contribution in [0, 0.1) is 13.8 Å². The van der Waals surface area contributed by atoms with Crippen LogP contribution in [0.25, 0.3) is 5.57 Å². The average molecular weight is 507 g/mol. The second-order valence-electron chi connectivity index (χ2n) is 8.15. The van der Waals surface area contributed by atoms with Crippen LogP contribution in [-0.4, -0.2) is 16.0 Å². The van der Waals surface area contributed by atoms with E-state index in [4.69, 9.17) is 16.1 Å². The minimum Gasteiger partial charge on any atom is -0.365 e. The maximum absolute atomic E-state index is 13.0. The van der Waals surface area contributed by atoms with Crippen molar-refractivity contribution in [3.63, 3.8) is 0 Å². The lowest BCUT2D eigenvalue weighted by molar-refractivity contribution is -0.137. The van der Waals surface area contributed by atoms with Crippen LogP contribution in [0.5, 0.6) is 0 Å². The predicted molar refractivity (Wildman–Crippen MR) is 131 cm³/mol. The number of aryl methyl sites for hydroxylation is 2. The van der Waals surface area contributed by atoms with Crippen molar-refractivity contribution in [3.8, 4) is 0 Å². The van der Waals surface area contributed by atoms with Gasteiger partial charge in [-0.3, -0.25) is 4.79 Å². The first-order chi connectivity index (χ1) is 16.4. The molecule has 35 heavy (non-hydrogen) atoms. The van der Waals surface area contributed by atoms with E-state index in [1.165, 1.54) is 18.3 Å². The largest absolute Gasteiger partial charge is 0.416 e. The summed E-state index contributed by atoms with van der Waals surface area (Å²) in [5.74, 6) is 0.598. The quantitative estimate of drug-likeness (QED) is 0.348. The Morgan fingerprint density at radius 2 is 1.80 bits per heavy atom. The Bertz CT molecular complexity index is 1250.